The normalized spacial score (nSPS) is 11.1. The molecule has 7 nitrogen and oxygen atoms in total. The SMILES string of the molecule is CCc1cc(N)cc(CC)c1NC(=O)NC(N)=NOC. The summed E-state index contributed by atoms with van der Waals surface area (Å²) in [4.78, 5) is 16.3. The van der Waals surface area contributed by atoms with Crippen LogP contribution < -0.4 is 22.1 Å². The van der Waals surface area contributed by atoms with E-state index in [-0.39, 0.29) is 5.96 Å². The number of nitrogen functional groups attached to an aromatic ring is 1. The highest BCUT2D eigenvalue weighted by atomic mass is 16.6. The van der Waals surface area contributed by atoms with E-state index in [4.69, 9.17) is 11.5 Å². The Hall–Kier alpha value is -2.44. The summed E-state index contributed by atoms with van der Waals surface area (Å²) in [5.74, 6) is -0.114. The van der Waals surface area contributed by atoms with Gasteiger partial charge in [-0.05, 0) is 41.3 Å². The number of benzene rings is 1. The Kier molecular flexibility index (Phi) is 5.64. The first-order valence-corrected chi connectivity index (χ1v) is 6.37. The van der Waals surface area contributed by atoms with Crippen molar-refractivity contribution in [2.45, 2.75) is 26.7 Å². The van der Waals surface area contributed by atoms with Crippen LogP contribution in [0.15, 0.2) is 17.3 Å². The number of nitrogens with one attached hydrogen (secondary N) is 2. The van der Waals surface area contributed by atoms with E-state index in [0.29, 0.717) is 5.69 Å². The predicted molar refractivity (Wildman–Crippen MR) is 80.4 cm³/mol. The number of carbonyl (C=O) groups excluding carboxylic acids is 1. The summed E-state index contributed by atoms with van der Waals surface area (Å²) in [7, 11) is 1.34. The van der Waals surface area contributed by atoms with Crippen molar-refractivity contribution >= 4 is 23.4 Å². The van der Waals surface area contributed by atoms with Gasteiger partial charge in [0.25, 0.3) is 0 Å². The summed E-state index contributed by atoms with van der Waals surface area (Å²) in [5.41, 5.74) is 14.7. The lowest BCUT2D eigenvalue weighted by atomic mass is 10.0. The number of anilines is 2. The number of hydrogen-bond donors (Lipinski definition) is 4. The van der Waals surface area contributed by atoms with Gasteiger partial charge in [0.15, 0.2) is 0 Å². The van der Waals surface area contributed by atoms with Crippen molar-refractivity contribution in [1.82, 2.24) is 5.32 Å². The zero-order valence-corrected chi connectivity index (χ0v) is 12.0. The third-order valence-electron chi connectivity index (χ3n) is 2.76. The van der Waals surface area contributed by atoms with Crippen molar-refractivity contribution in [3.8, 4) is 0 Å². The van der Waals surface area contributed by atoms with E-state index >= 15 is 0 Å². The van der Waals surface area contributed by atoms with Crippen LogP contribution in [-0.4, -0.2) is 19.1 Å². The van der Waals surface area contributed by atoms with Gasteiger partial charge in [0.05, 0.1) is 0 Å². The average molecular weight is 279 g/mol. The monoisotopic (exact) mass is 279 g/mol. The molecule has 0 fully saturated rings. The number of aryl methyl sites for hydroxylation is 2. The van der Waals surface area contributed by atoms with Crippen molar-refractivity contribution in [2.75, 3.05) is 18.2 Å². The highest BCUT2D eigenvalue weighted by Gasteiger charge is 2.12. The van der Waals surface area contributed by atoms with Crippen LogP contribution in [0.5, 0.6) is 0 Å². The van der Waals surface area contributed by atoms with Crippen LogP contribution >= 0.6 is 0 Å². The molecule has 110 valence electrons. The molecule has 1 rings (SSSR count). The second-order valence-corrected chi connectivity index (χ2v) is 4.16. The largest absolute Gasteiger partial charge is 0.399 e. The Morgan fingerprint density at radius 1 is 1.30 bits per heavy atom. The van der Waals surface area contributed by atoms with E-state index in [1.165, 1.54) is 7.11 Å². The fourth-order valence-electron chi connectivity index (χ4n) is 1.90. The molecule has 0 unspecified atom stereocenters. The summed E-state index contributed by atoms with van der Waals surface area (Å²) in [6.07, 6.45) is 1.52. The molecule has 0 saturated carbocycles. The van der Waals surface area contributed by atoms with Crippen molar-refractivity contribution < 1.29 is 9.63 Å². The second-order valence-electron chi connectivity index (χ2n) is 4.16. The van der Waals surface area contributed by atoms with E-state index in [9.17, 15) is 4.79 Å². The van der Waals surface area contributed by atoms with E-state index in [2.05, 4.69) is 20.6 Å². The minimum Gasteiger partial charge on any atom is -0.399 e. The van der Waals surface area contributed by atoms with Crippen LogP contribution in [0.1, 0.15) is 25.0 Å². The molecule has 0 bridgehead atoms. The Balaban J connectivity index is 2.96. The van der Waals surface area contributed by atoms with Gasteiger partial charge in [-0.3, -0.25) is 5.32 Å². The van der Waals surface area contributed by atoms with Gasteiger partial charge in [0, 0.05) is 11.4 Å². The van der Waals surface area contributed by atoms with Gasteiger partial charge < -0.3 is 21.6 Å². The van der Waals surface area contributed by atoms with Crippen LogP contribution in [0.3, 0.4) is 0 Å². The number of oxime groups is 1. The molecule has 1 aromatic rings. The summed E-state index contributed by atoms with van der Waals surface area (Å²) < 4.78 is 0. The van der Waals surface area contributed by atoms with Crippen LogP contribution in [-0.2, 0) is 17.7 Å². The Morgan fingerprint density at radius 2 is 1.85 bits per heavy atom. The van der Waals surface area contributed by atoms with E-state index in [1.807, 2.05) is 26.0 Å². The standard InChI is InChI=1S/C13H21N5O2/c1-4-8-6-10(14)7-9(5-2)11(8)16-13(19)17-12(15)18-20-3/h6-7H,4-5,14H2,1-3H3,(H4,15,16,17,18,19). The molecular formula is C13H21N5O2. The highest BCUT2D eigenvalue weighted by Crippen LogP contribution is 2.25. The third-order valence-corrected chi connectivity index (χ3v) is 2.76. The predicted octanol–water partition coefficient (Wildman–Crippen LogP) is 1.39. The Bertz CT molecular complexity index is 488. The van der Waals surface area contributed by atoms with Gasteiger partial charge in [0.1, 0.15) is 7.11 Å². The number of nitrogens with zero attached hydrogens (tertiary/aromatic N) is 1. The third kappa shape index (κ3) is 4.04. The van der Waals surface area contributed by atoms with Crippen LogP contribution in [0.2, 0.25) is 0 Å². The molecule has 0 atom stereocenters. The quantitative estimate of drug-likeness (QED) is 0.288. The van der Waals surface area contributed by atoms with Crippen molar-refractivity contribution in [2.24, 2.45) is 10.9 Å². The highest BCUT2D eigenvalue weighted by molar-refractivity contribution is 6.02. The lowest BCUT2D eigenvalue weighted by Gasteiger charge is -2.15. The summed E-state index contributed by atoms with van der Waals surface area (Å²) >= 11 is 0. The fourth-order valence-corrected chi connectivity index (χ4v) is 1.90. The lowest BCUT2D eigenvalue weighted by Crippen LogP contribution is -2.40. The first-order chi connectivity index (χ1) is 9.51. The maximum atomic E-state index is 11.8. The van der Waals surface area contributed by atoms with E-state index < -0.39 is 6.03 Å². The van der Waals surface area contributed by atoms with Crippen LogP contribution in [0.4, 0.5) is 16.2 Å². The summed E-state index contributed by atoms with van der Waals surface area (Å²) in [6, 6.07) is 3.22. The van der Waals surface area contributed by atoms with E-state index in [0.717, 1.165) is 29.7 Å². The Labute approximate surface area is 118 Å². The summed E-state index contributed by atoms with van der Waals surface area (Å²) in [6.45, 7) is 4.00. The number of hydrogen-bond acceptors (Lipinski definition) is 4. The molecule has 0 spiro atoms. The molecule has 6 N–H and O–H groups in total. The van der Waals surface area contributed by atoms with Gasteiger partial charge in [-0.25, -0.2) is 4.79 Å². The fraction of sp³-hybridized carbons (Fsp3) is 0.385. The molecule has 0 radical (unpaired) electrons. The molecule has 2 amide bonds. The number of rotatable bonds is 4. The molecular weight excluding hydrogens is 258 g/mol. The first-order valence-electron chi connectivity index (χ1n) is 6.37. The zero-order valence-electron chi connectivity index (χ0n) is 12.0. The first kappa shape index (κ1) is 15.6. The van der Waals surface area contributed by atoms with Crippen LogP contribution in [0.25, 0.3) is 0 Å². The number of urea groups is 1. The van der Waals surface area contributed by atoms with Crippen molar-refractivity contribution in [1.29, 1.82) is 0 Å². The molecule has 0 aromatic heterocycles. The minimum atomic E-state index is -0.475. The van der Waals surface area contributed by atoms with E-state index in [1.54, 1.807) is 0 Å². The van der Waals surface area contributed by atoms with Gasteiger partial charge >= 0.3 is 6.03 Å². The molecule has 7 heteroatoms. The molecule has 1 aromatic carbocycles. The summed E-state index contributed by atoms with van der Waals surface area (Å²) in [5, 5.41) is 8.55. The number of guanidine groups is 1. The smallest absolute Gasteiger partial charge is 0.326 e. The lowest BCUT2D eigenvalue weighted by molar-refractivity contribution is 0.211. The number of amides is 2. The molecule has 20 heavy (non-hydrogen) atoms. The molecule has 0 aliphatic heterocycles. The molecule has 0 aliphatic carbocycles. The Morgan fingerprint density at radius 3 is 2.30 bits per heavy atom. The minimum absolute atomic E-state index is 0.114. The van der Waals surface area contributed by atoms with Crippen molar-refractivity contribution in [3.05, 3.63) is 23.3 Å². The van der Waals surface area contributed by atoms with Gasteiger partial charge in [0.2, 0.25) is 5.96 Å². The zero-order chi connectivity index (χ0) is 15.1. The van der Waals surface area contributed by atoms with Crippen molar-refractivity contribution in [3.63, 3.8) is 0 Å². The van der Waals surface area contributed by atoms with Gasteiger partial charge in [-0.2, -0.15) is 0 Å². The van der Waals surface area contributed by atoms with Gasteiger partial charge in [-0.15, -0.1) is 0 Å². The number of carbonyl (C=O) groups is 1. The topological polar surface area (TPSA) is 115 Å². The molecule has 0 aliphatic rings. The molecule has 0 saturated heterocycles. The average Bonchev–Trinajstić information content (AvgIpc) is 2.40. The number of nitrogens with two attached hydrogens (primary N) is 2. The second kappa shape index (κ2) is 7.22. The maximum absolute atomic E-state index is 11.8. The maximum Gasteiger partial charge on any atom is 0.326 e. The molecule has 0 heterocycles. The van der Waals surface area contributed by atoms with Crippen LogP contribution in [0, 0.1) is 0 Å². The van der Waals surface area contributed by atoms with Gasteiger partial charge in [-0.1, -0.05) is 13.8 Å².